The average Bonchev–Trinajstić information content (AvgIpc) is 3.34. The van der Waals surface area contributed by atoms with E-state index < -0.39 is 0 Å². The summed E-state index contributed by atoms with van der Waals surface area (Å²) in [5, 5.41) is 33.1. The van der Waals surface area contributed by atoms with Crippen LogP contribution >= 0.6 is 61.0 Å². The minimum Gasteiger partial charge on any atom is -0.813 e. The van der Waals surface area contributed by atoms with Crippen molar-refractivity contribution in [3.8, 4) is 0 Å². The Balaban J connectivity index is -0.0000000514. The number of nitrogens with zero attached hydrogens (tertiary/aromatic N) is 8. The van der Waals surface area contributed by atoms with E-state index in [-0.39, 0.29) is 124 Å². The van der Waals surface area contributed by atoms with E-state index in [1.807, 2.05) is 18.2 Å². The summed E-state index contributed by atoms with van der Waals surface area (Å²) >= 11 is 17.6. The third-order valence-electron chi connectivity index (χ3n) is 8.58. The van der Waals surface area contributed by atoms with E-state index in [4.69, 9.17) is 0 Å². The van der Waals surface area contributed by atoms with E-state index in [1.165, 1.54) is 135 Å². The van der Waals surface area contributed by atoms with Gasteiger partial charge in [-0.3, -0.25) is 0 Å². The van der Waals surface area contributed by atoms with Crippen LogP contribution in [0.1, 0.15) is 135 Å². The second kappa shape index (κ2) is 100. The molecule has 62 heavy (non-hydrogen) atoms. The molecule has 0 unspecified atom stereocenters. The van der Waals surface area contributed by atoms with Crippen LogP contribution in [0.25, 0.3) is 42.5 Å². The number of hydrogen-bond acceptors (Lipinski definition) is 4. The number of hydrogen-bond donors (Lipinski definition) is 0. The van der Waals surface area contributed by atoms with E-state index in [0.717, 1.165) is 98.2 Å². The number of thiol groups is 4. The van der Waals surface area contributed by atoms with Crippen molar-refractivity contribution < 1.29 is 108 Å². The van der Waals surface area contributed by atoms with Gasteiger partial charge in [0.1, 0.15) is 0 Å². The van der Waals surface area contributed by atoms with Gasteiger partial charge in [-0.2, -0.15) is 6.20 Å². The van der Waals surface area contributed by atoms with Gasteiger partial charge in [0.05, 0.1) is 0 Å². The predicted octanol–water partition coefficient (Wildman–Crippen LogP) is 13.8. The fraction of sp³-hybridized carbons (Fsp3) is 0.900. The molecule has 406 valence electrons. The Labute approximate surface area is 515 Å². The minimum atomic E-state index is 0. The third kappa shape index (κ3) is 95.9. The summed E-state index contributed by atoms with van der Waals surface area (Å²) < 4.78 is 0. The van der Waals surface area contributed by atoms with Gasteiger partial charge in [-0.15, -0.1) is 104 Å². The smallest absolute Gasteiger partial charge is 0 e. The summed E-state index contributed by atoms with van der Waals surface area (Å²) in [5.41, 5.74) is 0. The van der Waals surface area contributed by atoms with Gasteiger partial charge >= 0.3 is 99.3 Å². The summed E-state index contributed by atoms with van der Waals surface area (Å²) in [5.74, 6) is 0. The summed E-state index contributed by atoms with van der Waals surface area (Å²) in [6, 6.07) is 0. The summed E-state index contributed by atoms with van der Waals surface area (Å²) in [7, 11) is 0. The molecule has 0 aromatic carbocycles. The van der Waals surface area contributed by atoms with Gasteiger partial charge in [-0.25, -0.2) is 0 Å². The van der Waals surface area contributed by atoms with Crippen molar-refractivity contribution in [2.24, 2.45) is 0 Å². The Morgan fingerprint density at radius 2 is 0.468 bits per heavy atom. The maximum absolute atomic E-state index is 4.18. The van der Waals surface area contributed by atoms with Crippen molar-refractivity contribution in [3.05, 3.63) is 67.0 Å². The van der Waals surface area contributed by atoms with Gasteiger partial charge in [0.25, 0.3) is 0 Å². The molecular weight excluding hydrogens is 1530 g/mol. The fourth-order valence-electron chi connectivity index (χ4n) is 5.52. The largest absolute Gasteiger partial charge is 0.813 e. The normalized spacial score (nSPS) is 18.3. The van der Waals surface area contributed by atoms with Gasteiger partial charge in [0, 0.05) is 69.8 Å². The Morgan fingerprint density at radius 3 is 0.500 bits per heavy atom. The van der Waals surface area contributed by atoms with Crippen molar-refractivity contribution in [1.29, 1.82) is 0 Å². The van der Waals surface area contributed by atoms with Crippen molar-refractivity contribution >= 4 is 115 Å². The molecule has 0 atom stereocenters. The molecule has 7 fully saturated rings. The molecule has 8 aliphatic heterocycles. The van der Waals surface area contributed by atoms with Crippen molar-refractivity contribution in [2.75, 3.05) is 98.2 Å². The Kier molecular flexibility index (Phi) is 152. The quantitative estimate of drug-likeness (QED) is 0.104. The molecule has 0 N–H and O–H groups in total. The van der Waals surface area contributed by atoms with Crippen LogP contribution in [-0.2, 0) is 162 Å². The monoisotopic (exact) mass is 1610 g/mol. The summed E-state index contributed by atoms with van der Waals surface area (Å²) in [6.45, 7) is 16.6. The molecule has 0 saturated carbocycles. The van der Waals surface area contributed by atoms with Crippen LogP contribution in [0, 0.1) is 0 Å². The van der Waals surface area contributed by atoms with E-state index in [0.29, 0.717) is 0 Å². The van der Waals surface area contributed by atoms with E-state index in [1.54, 1.807) is 67.2 Å². The second-order valence-corrected chi connectivity index (χ2v) is 13.3. The second-order valence-electron chi connectivity index (χ2n) is 13.3. The molecule has 7 saturated heterocycles. The average molecular weight is 1610 g/mol. The topological polar surface area (TPSA) is 113 Å². The SMILES string of the molecule is C1=CC[N-]C=C1.C1CC[N-]CC1.C1CC[N-]CC1.C1CC[N-]CC1.C1CC[N-]CC1.C1CC[N-]CC1.C1CC[N-]CC1.C1CC[N-]CC1.[Cu+][I].[Cu+][I].[Cu].[Cu].[Cu].[Cu][I].[SH-].[SH-].[SH-].[SH-].[V]. The maximum Gasteiger partial charge on any atom is 0 e. The predicted molar refractivity (Wildman–Crippen MR) is 292 cm³/mol. The third-order valence-corrected chi connectivity index (χ3v) is 8.58. The molecular formula is C40H80Cu6I3N8S4V-10. The molecule has 0 aliphatic carbocycles. The van der Waals surface area contributed by atoms with Crippen LogP contribution in [0.5, 0.6) is 0 Å². The van der Waals surface area contributed by atoms with Crippen LogP contribution in [0.4, 0.5) is 0 Å². The van der Waals surface area contributed by atoms with E-state index in [9.17, 15) is 0 Å². The van der Waals surface area contributed by atoms with Crippen LogP contribution in [0.2, 0.25) is 0 Å². The van der Waals surface area contributed by atoms with Crippen molar-refractivity contribution in [2.45, 2.75) is 135 Å². The van der Waals surface area contributed by atoms with Gasteiger partial charge in [-0.1, -0.05) is 147 Å². The van der Waals surface area contributed by atoms with E-state index in [2.05, 4.69) is 80.8 Å². The van der Waals surface area contributed by atoms with Crippen LogP contribution < -0.4 is 0 Å². The Morgan fingerprint density at radius 1 is 0.306 bits per heavy atom. The molecule has 0 bridgehead atoms. The zero-order valence-corrected chi connectivity index (χ0v) is 53.6. The summed E-state index contributed by atoms with van der Waals surface area (Å²) in [6.07, 6.45) is 36.2. The Bertz CT molecular complexity index is 479. The van der Waals surface area contributed by atoms with Gasteiger partial charge in [0.2, 0.25) is 0 Å². The molecule has 22 heteroatoms. The van der Waals surface area contributed by atoms with Crippen LogP contribution in [0.3, 0.4) is 0 Å². The maximum atomic E-state index is 4.18. The molecule has 0 spiro atoms. The zero-order chi connectivity index (χ0) is 39.9. The first kappa shape index (κ1) is 94.2. The molecule has 0 aromatic rings. The van der Waals surface area contributed by atoms with E-state index >= 15 is 0 Å². The number of halogens is 3. The number of allylic oxidation sites excluding steroid dienone is 2. The molecule has 0 amide bonds. The van der Waals surface area contributed by atoms with Gasteiger partial charge in [0.15, 0.2) is 0 Å². The number of rotatable bonds is 0. The molecule has 8 aliphatic rings. The Hall–Kier alpha value is 6.29. The van der Waals surface area contributed by atoms with Crippen molar-refractivity contribution in [1.82, 2.24) is 0 Å². The fourth-order valence-corrected chi connectivity index (χ4v) is 5.52. The van der Waals surface area contributed by atoms with Crippen LogP contribution in [-0.4, -0.2) is 98.2 Å². The summed E-state index contributed by atoms with van der Waals surface area (Å²) in [4.78, 5) is 0. The minimum absolute atomic E-state index is 0. The molecule has 8 rings (SSSR count). The molecule has 0 aromatic heterocycles. The van der Waals surface area contributed by atoms with Crippen LogP contribution in [0.15, 0.2) is 24.4 Å². The van der Waals surface area contributed by atoms with Gasteiger partial charge in [-0.05, 0) is 0 Å². The first-order valence-electron chi connectivity index (χ1n) is 20.8. The standard InChI is InChI=1S/7C5H10N.C5H6N.6Cu.3HI.4H2S.V/c8*1-2-4-6-5-3-1;;;;;;;;;;;;;;/h7*1-5H2;1-4H,5H2;;;;;;;3*1H;4*1H2;/q8*-1;;;;+1;2*+2;;;;;;;;/p-7. The van der Waals surface area contributed by atoms with Gasteiger partial charge < -0.3 is 96.5 Å². The first-order chi connectivity index (χ1) is 27.0. The first-order valence-corrected chi connectivity index (χ1v) is 29.9. The molecule has 8 heterocycles. The number of piperidine rings is 7. The molecule has 8 nitrogen and oxygen atoms in total. The zero-order valence-electron chi connectivity index (χ0n) is 36.5. The molecule has 4 radical (unpaired) electrons. The van der Waals surface area contributed by atoms with Crippen molar-refractivity contribution in [3.63, 3.8) is 0 Å².